The van der Waals surface area contributed by atoms with Gasteiger partial charge in [-0.25, -0.2) is 4.98 Å². The van der Waals surface area contributed by atoms with Crippen LogP contribution in [0.25, 0.3) is 10.2 Å². The molecule has 0 aliphatic rings. The van der Waals surface area contributed by atoms with Crippen molar-refractivity contribution in [1.29, 1.82) is 0 Å². The fourth-order valence-electron chi connectivity index (χ4n) is 2.41. The number of thiazole rings is 1. The summed E-state index contributed by atoms with van der Waals surface area (Å²) >= 11 is 1.62. The molecule has 0 fully saturated rings. The summed E-state index contributed by atoms with van der Waals surface area (Å²) in [6, 6.07) is 11.9. The molecule has 2 amide bonds. The molecule has 0 aliphatic carbocycles. The molecule has 0 saturated carbocycles. The third-order valence-corrected chi connectivity index (χ3v) is 4.64. The molecule has 2 aromatic carbocycles. The summed E-state index contributed by atoms with van der Waals surface area (Å²) in [5.41, 5.74) is 8.03. The number of anilines is 2. The highest BCUT2D eigenvalue weighted by atomic mass is 32.1. The van der Waals surface area contributed by atoms with E-state index in [1.807, 2.05) is 25.1 Å². The Morgan fingerprint density at radius 2 is 1.80 bits per heavy atom. The number of aromatic nitrogens is 1. The Morgan fingerprint density at radius 1 is 1.12 bits per heavy atom. The molecule has 7 heteroatoms. The van der Waals surface area contributed by atoms with Crippen LogP contribution in [0, 0.1) is 6.92 Å². The monoisotopic (exact) mass is 354 g/mol. The van der Waals surface area contributed by atoms with Gasteiger partial charge in [-0.3, -0.25) is 9.59 Å². The molecule has 0 aliphatic heterocycles. The molecule has 128 valence electrons. The van der Waals surface area contributed by atoms with Crippen molar-refractivity contribution in [2.75, 3.05) is 10.6 Å². The highest BCUT2D eigenvalue weighted by Gasteiger charge is 2.13. The Balaban J connectivity index is 1.65. The quantitative estimate of drug-likeness (QED) is 0.656. The van der Waals surface area contributed by atoms with Crippen molar-refractivity contribution in [1.82, 2.24) is 4.98 Å². The maximum absolute atomic E-state index is 12.3. The minimum Gasteiger partial charge on any atom is -0.374 e. The summed E-state index contributed by atoms with van der Waals surface area (Å²) in [7, 11) is 0. The van der Waals surface area contributed by atoms with Gasteiger partial charge in [-0.1, -0.05) is 0 Å². The number of primary amides is 1. The Labute approximate surface area is 149 Å². The van der Waals surface area contributed by atoms with Crippen molar-refractivity contribution in [2.45, 2.75) is 19.9 Å². The molecule has 25 heavy (non-hydrogen) atoms. The van der Waals surface area contributed by atoms with Crippen molar-refractivity contribution in [2.24, 2.45) is 5.73 Å². The van der Waals surface area contributed by atoms with E-state index < -0.39 is 11.9 Å². The molecule has 3 aromatic rings. The van der Waals surface area contributed by atoms with Crippen LogP contribution < -0.4 is 16.4 Å². The maximum atomic E-state index is 12.3. The van der Waals surface area contributed by atoms with Gasteiger partial charge in [0, 0.05) is 16.9 Å². The molecular formula is C18H18N4O2S. The minimum atomic E-state index is -0.499. The van der Waals surface area contributed by atoms with E-state index in [0.29, 0.717) is 11.3 Å². The zero-order chi connectivity index (χ0) is 18.0. The lowest BCUT2D eigenvalue weighted by Gasteiger charge is -2.15. The number of carbonyl (C=O) groups excluding carboxylic acids is 2. The normalized spacial score (nSPS) is 11.9. The van der Waals surface area contributed by atoms with Crippen LogP contribution in [0.2, 0.25) is 0 Å². The summed E-state index contributed by atoms with van der Waals surface area (Å²) < 4.78 is 1.08. The summed E-state index contributed by atoms with van der Waals surface area (Å²) in [5, 5.41) is 7.00. The largest absolute Gasteiger partial charge is 0.374 e. The first-order chi connectivity index (χ1) is 11.9. The molecule has 6 nitrogen and oxygen atoms in total. The Kier molecular flexibility index (Phi) is 4.67. The third kappa shape index (κ3) is 3.95. The topological polar surface area (TPSA) is 97.1 Å². The zero-order valence-electron chi connectivity index (χ0n) is 13.9. The standard InChI is InChI=1S/C18H18N4O2S/c1-10(18(24)22-13-5-3-12(4-6-13)17(19)23)20-14-7-8-15-16(9-14)25-11(2)21-15/h3-10,20H,1-2H3,(H2,19,23)(H,22,24). The van der Waals surface area contributed by atoms with E-state index in [4.69, 9.17) is 5.73 Å². The number of aryl methyl sites for hydroxylation is 1. The predicted octanol–water partition coefficient (Wildman–Crippen LogP) is 3.14. The lowest BCUT2D eigenvalue weighted by atomic mass is 10.2. The van der Waals surface area contributed by atoms with Crippen LogP contribution >= 0.6 is 11.3 Å². The van der Waals surface area contributed by atoms with E-state index in [0.717, 1.165) is 20.9 Å². The van der Waals surface area contributed by atoms with Gasteiger partial charge in [0.25, 0.3) is 0 Å². The first-order valence-electron chi connectivity index (χ1n) is 7.77. The van der Waals surface area contributed by atoms with Crippen LogP contribution in [0.15, 0.2) is 42.5 Å². The van der Waals surface area contributed by atoms with Gasteiger partial charge >= 0.3 is 0 Å². The third-order valence-electron chi connectivity index (χ3n) is 3.71. The fraction of sp³-hybridized carbons (Fsp3) is 0.167. The number of carbonyl (C=O) groups is 2. The summed E-state index contributed by atoms with van der Waals surface area (Å²) in [5.74, 6) is -0.672. The molecule has 1 aromatic heterocycles. The second-order valence-electron chi connectivity index (χ2n) is 5.71. The Morgan fingerprint density at radius 3 is 2.48 bits per heavy atom. The number of benzene rings is 2. The van der Waals surface area contributed by atoms with Gasteiger partial charge in [0.1, 0.15) is 6.04 Å². The van der Waals surface area contributed by atoms with Crippen molar-refractivity contribution in [3.63, 3.8) is 0 Å². The van der Waals surface area contributed by atoms with Gasteiger partial charge in [-0.15, -0.1) is 11.3 Å². The van der Waals surface area contributed by atoms with Crippen molar-refractivity contribution in [3.05, 3.63) is 53.0 Å². The average molecular weight is 354 g/mol. The number of nitrogens with one attached hydrogen (secondary N) is 2. The minimum absolute atomic E-state index is 0.174. The number of hydrogen-bond acceptors (Lipinski definition) is 5. The molecule has 0 saturated heterocycles. The fourth-order valence-corrected chi connectivity index (χ4v) is 3.28. The number of rotatable bonds is 5. The second kappa shape index (κ2) is 6.90. The van der Waals surface area contributed by atoms with Crippen LogP contribution in [-0.4, -0.2) is 22.8 Å². The lowest BCUT2D eigenvalue weighted by molar-refractivity contribution is -0.116. The van der Waals surface area contributed by atoms with Crippen molar-refractivity contribution >= 4 is 44.7 Å². The highest BCUT2D eigenvalue weighted by Crippen LogP contribution is 2.25. The Bertz CT molecular complexity index is 934. The average Bonchev–Trinajstić information content (AvgIpc) is 2.94. The van der Waals surface area contributed by atoms with Gasteiger partial charge in [0.05, 0.1) is 15.2 Å². The van der Waals surface area contributed by atoms with Crippen LogP contribution in [0.4, 0.5) is 11.4 Å². The maximum Gasteiger partial charge on any atom is 0.248 e. The second-order valence-corrected chi connectivity index (χ2v) is 6.95. The lowest BCUT2D eigenvalue weighted by Crippen LogP contribution is -2.31. The molecule has 0 spiro atoms. The molecule has 0 radical (unpaired) electrons. The summed E-state index contributed by atoms with van der Waals surface area (Å²) in [6.07, 6.45) is 0. The van der Waals surface area contributed by atoms with Gasteiger partial charge in [-0.05, 0) is 56.3 Å². The van der Waals surface area contributed by atoms with Crippen molar-refractivity contribution < 1.29 is 9.59 Å². The van der Waals surface area contributed by atoms with E-state index in [-0.39, 0.29) is 5.91 Å². The number of hydrogen-bond donors (Lipinski definition) is 3. The van der Waals surface area contributed by atoms with Crippen LogP contribution in [0.3, 0.4) is 0 Å². The van der Waals surface area contributed by atoms with Gasteiger partial charge in [-0.2, -0.15) is 0 Å². The predicted molar refractivity (Wildman–Crippen MR) is 101 cm³/mol. The molecular weight excluding hydrogens is 336 g/mol. The van der Waals surface area contributed by atoms with Gasteiger partial charge in [0.15, 0.2) is 0 Å². The van der Waals surface area contributed by atoms with E-state index in [1.54, 1.807) is 42.5 Å². The molecule has 3 rings (SSSR count). The number of fused-ring (bicyclic) bond motifs is 1. The number of nitrogens with two attached hydrogens (primary N) is 1. The smallest absolute Gasteiger partial charge is 0.248 e. The zero-order valence-corrected chi connectivity index (χ0v) is 14.7. The highest BCUT2D eigenvalue weighted by molar-refractivity contribution is 7.18. The van der Waals surface area contributed by atoms with E-state index in [1.165, 1.54) is 0 Å². The van der Waals surface area contributed by atoms with Gasteiger partial charge in [0.2, 0.25) is 11.8 Å². The first-order valence-corrected chi connectivity index (χ1v) is 8.58. The molecule has 0 bridgehead atoms. The SMILES string of the molecule is Cc1nc2ccc(NC(C)C(=O)Nc3ccc(C(N)=O)cc3)cc2s1. The van der Waals surface area contributed by atoms with Gasteiger partial charge < -0.3 is 16.4 Å². The van der Waals surface area contributed by atoms with Crippen LogP contribution in [-0.2, 0) is 4.79 Å². The van der Waals surface area contributed by atoms with Crippen molar-refractivity contribution in [3.8, 4) is 0 Å². The van der Waals surface area contributed by atoms with Crippen LogP contribution in [0.5, 0.6) is 0 Å². The molecule has 1 unspecified atom stereocenters. The number of nitrogens with zero attached hydrogens (tertiary/aromatic N) is 1. The molecule has 4 N–H and O–H groups in total. The molecule has 1 heterocycles. The van der Waals surface area contributed by atoms with E-state index in [9.17, 15) is 9.59 Å². The Hall–Kier alpha value is -2.93. The first kappa shape index (κ1) is 16.9. The summed E-state index contributed by atoms with van der Waals surface area (Å²) in [4.78, 5) is 27.8. The van der Waals surface area contributed by atoms with E-state index in [2.05, 4.69) is 15.6 Å². The van der Waals surface area contributed by atoms with Crippen LogP contribution in [0.1, 0.15) is 22.3 Å². The molecule has 1 atom stereocenters. The number of amides is 2. The van der Waals surface area contributed by atoms with E-state index >= 15 is 0 Å². The summed E-state index contributed by atoms with van der Waals surface area (Å²) in [6.45, 7) is 3.76.